The third-order valence-electron chi connectivity index (χ3n) is 1.88. The van der Waals surface area contributed by atoms with Gasteiger partial charge < -0.3 is 10.3 Å². The van der Waals surface area contributed by atoms with E-state index in [0.717, 1.165) is 27.6 Å². The second kappa shape index (κ2) is 3.47. The Hall–Kier alpha value is -0.870. The molecule has 0 saturated carbocycles. The number of benzene rings is 1. The molecule has 1 heterocycles. The first-order valence-electron chi connectivity index (χ1n) is 4.05. The van der Waals surface area contributed by atoms with Crippen LogP contribution in [0.1, 0.15) is 5.76 Å². The summed E-state index contributed by atoms with van der Waals surface area (Å²) >= 11 is 3.40. The van der Waals surface area contributed by atoms with Gasteiger partial charge in [-0.3, -0.25) is 0 Å². The first kappa shape index (κ1) is 8.72. The molecule has 13 heavy (non-hydrogen) atoms. The van der Waals surface area contributed by atoms with Gasteiger partial charge in [0.15, 0.2) is 0 Å². The average Bonchev–Trinajstić information content (AvgIpc) is 2.49. The molecule has 1 aromatic heterocycles. The molecule has 2 aromatic rings. The van der Waals surface area contributed by atoms with Gasteiger partial charge in [-0.1, -0.05) is 21.1 Å². The Bertz CT molecular complexity index is 424. The van der Waals surface area contributed by atoms with Crippen molar-refractivity contribution in [1.82, 2.24) is 5.16 Å². The molecule has 0 unspecified atom stereocenters. The molecule has 0 atom stereocenters. The number of hydrogen-bond acceptors (Lipinski definition) is 3. The monoisotopic (exact) mass is 240 g/mol. The quantitative estimate of drug-likeness (QED) is 0.875. The van der Waals surface area contributed by atoms with Crippen LogP contribution in [0.3, 0.4) is 0 Å². The van der Waals surface area contributed by atoms with Gasteiger partial charge in [0.1, 0.15) is 11.3 Å². The van der Waals surface area contributed by atoms with E-state index >= 15 is 0 Å². The Kier molecular flexibility index (Phi) is 2.33. The smallest absolute Gasteiger partial charge is 0.145 e. The lowest BCUT2D eigenvalue weighted by Gasteiger charge is -1.92. The predicted molar refractivity (Wildman–Crippen MR) is 54.5 cm³/mol. The summed E-state index contributed by atoms with van der Waals surface area (Å²) in [5.41, 5.74) is 6.33. The largest absolute Gasteiger partial charge is 0.360 e. The van der Waals surface area contributed by atoms with Crippen molar-refractivity contribution in [2.75, 3.05) is 6.54 Å². The minimum absolute atomic E-state index is 0.580. The SMILES string of the molecule is NCCc1onc2ccc(Br)cc12. The van der Waals surface area contributed by atoms with Crippen LogP contribution in [0.2, 0.25) is 0 Å². The van der Waals surface area contributed by atoms with Crippen LogP contribution in [0.4, 0.5) is 0 Å². The number of rotatable bonds is 2. The second-order valence-electron chi connectivity index (χ2n) is 2.81. The summed E-state index contributed by atoms with van der Waals surface area (Å²) in [6.45, 7) is 0.580. The number of aromatic nitrogens is 1. The van der Waals surface area contributed by atoms with Gasteiger partial charge in [0.25, 0.3) is 0 Å². The Morgan fingerprint density at radius 2 is 2.31 bits per heavy atom. The van der Waals surface area contributed by atoms with Gasteiger partial charge in [0.05, 0.1) is 0 Å². The van der Waals surface area contributed by atoms with Crippen LogP contribution >= 0.6 is 15.9 Å². The van der Waals surface area contributed by atoms with E-state index in [9.17, 15) is 0 Å². The highest BCUT2D eigenvalue weighted by atomic mass is 79.9. The lowest BCUT2D eigenvalue weighted by Crippen LogP contribution is -2.01. The van der Waals surface area contributed by atoms with Gasteiger partial charge in [-0.25, -0.2) is 0 Å². The summed E-state index contributed by atoms with van der Waals surface area (Å²) in [4.78, 5) is 0. The first-order chi connectivity index (χ1) is 6.31. The summed E-state index contributed by atoms with van der Waals surface area (Å²) in [5, 5.41) is 4.97. The molecule has 3 nitrogen and oxygen atoms in total. The van der Waals surface area contributed by atoms with Gasteiger partial charge in [-0.15, -0.1) is 0 Å². The van der Waals surface area contributed by atoms with Gasteiger partial charge >= 0.3 is 0 Å². The Labute approximate surface area is 84.0 Å². The molecule has 0 aliphatic carbocycles. The summed E-state index contributed by atoms with van der Waals surface area (Å²) in [6.07, 6.45) is 0.729. The molecule has 0 aliphatic rings. The molecule has 4 heteroatoms. The van der Waals surface area contributed by atoms with Gasteiger partial charge in [-0.2, -0.15) is 0 Å². The van der Waals surface area contributed by atoms with Crippen molar-refractivity contribution in [2.45, 2.75) is 6.42 Å². The number of nitrogens with zero attached hydrogens (tertiary/aromatic N) is 1. The van der Waals surface area contributed by atoms with Crippen LogP contribution in [0.25, 0.3) is 10.9 Å². The summed E-state index contributed by atoms with van der Waals surface area (Å²) in [6, 6.07) is 5.86. The predicted octanol–water partition coefficient (Wildman–Crippen LogP) is 2.09. The highest BCUT2D eigenvalue weighted by molar-refractivity contribution is 9.10. The molecule has 68 valence electrons. The Balaban J connectivity index is 2.58. The second-order valence-corrected chi connectivity index (χ2v) is 3.72. The topological polar surface area (TPSA) is 52.0 Å². The number of fused-ring (bicyclic) bond motifs is 1. The maximum Gasteiger partial charge on any atom is 0.145 e. The van der Waals surface area contributed by atoms with Crippen LogP contribution < -0.4 is 5.73 Å². The van der Waals surface area contributed by atoms with Crippen molar-refractivity contribution >= 4 is 26.8 Å². The van der Waals surface area contributed by atoms with Crippen LogP contribution in [-0.4, -0.2) is 11.7 Å². The fourth-order valence-corrected chi connectivity index (χ4v) is 1.64. The molecular weight excluding hydrogens is 232 g/mol. The zero-order valence-corrected chi connectivity index (χ0v) is 8.54. The maximum atomic E-state index is 5.45. The van der Waals surface area contributed by atoms with Crippen LogP contribution in [-0.2, 0) is 6.42 Å². The fraction of sp³-hybridized carbons (Fsp3) is 0.222. The molecule has 0 amide bonds. The fourth-order valence-electron chi connectivity index (χ4n) is 1.28. The molecule has 0 spiro atoms. The molecule has 0 radical (unpaired) electrons. The molecule has 2 rings (SSSR count). The molecule has 0 fully saturated rings. The number of nitrogens with two attached hydrogens (primary N) is 1. The van der Waals surface area contributed by atoms with E-state index in [1.807, 2.05) is 18.2 Å². The molecule has 0 bridgehead atoms. The molecule has 2 N–H and O–H groups in total. The van der Waals surface area contributed by atoms with E-state index in [1.165, 1.54) is 0 Å². The van der Waals surface area contributed by atoms with Crippen molar-refractivity contribution in [1.29, 1.82) is 0 Å². The number of hydrogen-bond donors (Lipinski definition) is 1. The zero-order chi connectivity index (χ0) is 9.26. The summed E-state index contributed by atoms with van der Waals surface area (Å²) in [7, 11) is 0. The Morgan fingerprint density at radius 3 is 3.08 bits per heavy atom. The van der Waals surface area contributed by atoms with Gasteiger partial charge in [-0.05, 0) is 24.7 Å². The van der Waals surface area contributed by atoms with E-state index in [4.69, 9.17) is 10.3 Å². The van der Waals surface area contributed by atoms with Crippen molar-refractivity contribution in [2.24, 2.45) is 5.73 Å². The summed E-state index contributed by atoms with van der Waals surface area (Å²) in [5.74, 6) is 0.860. The van der Waals surface area contributed by atoms with Crippen molar-refractivity contribution in [3.8, 4) is 0 Å². The normalized spacial score (nSPS) is 10.9. The molecular formula is C9H9BrN2O. The summed E-state index contributed by atoms with van der Waals surface area (Å²) < 4.78 is 6.19. The lowest BCUT2D eigenvalue weighted by atomic mass is 10.2. The van der Waals surface area contributed by atoms with E-state index in [-0.39, 0.29) is 0 Å². The van der Waals surface area contributed by atoms with Crippen LogP contribution in [0.15, 0.2) is 27.2 Å². The maximum absolute atomic E-state index is 5.45. The molecule has 1 aromatic carbocycles. The Morgan fingerprint density at radius 1 is 1.46 bits per heavy atom. The van der Waals surface area contributed by atoms with Gasteiger partial charge in [0.2, 0.25) is 0 Å². The van der Waals surface area contributed by atoms with Crippen molar-refractivity contribution < 1.29 is 4.52 Å². The average molecular weight is 241 g/mol. The lowest BCUT2D eigenvalue weighted by molar-refractivity contribution is 0.392. The van der Waals surface area contributed by atoms with Crippen LogP contribution in [0, 0.1) is 0 Å². The minimum Gasteiger partial charge on any atom is -0.360 e. The van der Waals surface area contributed by atoms with E-state index in [0.29, 0.717) is 6.54 Å². The van der Waals surface area contributed by atoms with Crippen LogP contribution in [0.5, 0.6) is 0 Å². The standard InChI is InChI=1S/C9H9BrN2O/c10-6-1-2-8-7(5-6)9(3-4-11)13-12-8/h1-2,5H,3-4,11H2. The van der Waals surface area contributed by atoms with E-state index < -0.39 is 0 Å². The number of halogens is 1. The van der Waals surface area contributed by atoms with Crippen molar-refractivity contribution in [3.05, 3.63) is 28.4 Å². The van der Waals surface area contributed by atoms with E-state index in [2.05, 4.69) is 21.1 Å². The molecule has 0 aliphatic heterocycles. The van der Waals surface area contributed by atoms with E-state index in [1.54, 1.807) is 0 Å². The third kappa shape index (κ3) is 1.59. The highest BCUT2D eigenvalue weighted by Gasteiger charge is 2.06. The first-order valence-corrected chi connectivity index (χ1v) is 4.84. The highest BCUT2D eigenvalue weighted by Crippen LogP contribution is 2.22. The van der Waals surface area contributed by atoms with Gasteiger partial charge in [0, 0.05) is 16.3 Å². The minimum atomic E-state index is 0.580. The molecule has 0 saturated heterocycles. The third-order valence-corrected chi connectivity index (χ3v) is 2.38. The van der Waals surface area contributed by atoms with Crippen molar-refractivity contribution in [3.63, 3.8) is 0 Å². The zero-order valence-electron chi connectivity index (χ0n) is 6.96.